The summed E-state index contributed by atoms with van der Waals surface area (Å²) in [5.74, 6) is 3.09. The van der Waals surface area contributed by atoms with E-state index in [2.05, 4.69) is 53.1 Å². The topological polar surface area (TPSA) is 130 Å². The Morgan fingerprint density at radius 3 is 1.22 bits per heavy atom. The summed E-state index contributed by atoms with van der Waals surface area (Å²) in [5.41, 5.74) is 10.0. The molecule has 302 valence electrons. The fourth-order valence-electron chi connectivity index (χ4n) is 8.25. The molecule has 0 radical (unpaired) electrons. The number of rotatable bonds is 8. The van der Waals surface area contributed by atoms with Crippen molar-refractivity contribution >= 4 is 21.8 Å². The molecule has 3 heterocycles. The van der Waals surface area contributed by atoms with Gasteiger partial charge in [-0.2, -0.15) is 10.5 Å². The van der Waals surface area contributed by atoms with Crippen molar-refractivity contribution in [2.75, 3.05) is 0 Å². The third-order valence-electron chi connectivity index (χ3n) is 11.3. The molecule has 8 aromatic carbocycles. The van der Waals surface area contributed by atoms with Gasteiger partial charge in [-0.25, -0.2) is 29.9 Å². The van der Waals surface area contributed by atoms with E-state index in [1.165, 1.54) is 0 Å². The molecule has 0 fully saturated rings. The second-order valence-electron chi connectivity index (χ2n) is 15.4. The second-order valence-corrected chi connectivity index (χ2v) is 15.4. The first-order valence-corrected chi connectivity index (χ1v) is 21.0. The van der Waals surface area contributed by atoms with Gasteiger partial charge in [0.05, 0.1) is 40.0 Å². The molecule has 11 aromatic rings. The number of hydrogen-bond acceptors (Lipinski definition) is 8. The minimum Gasteiger partial charge on any atom is -0.308 e. The van der Waals surface area contributed by atoms with Gasteiger partial charge in [-0.1, -0.05) is 152 Å². The van der Waals surface area contributed by atoms with E-state index >= 15 is 0 Å². The number of benzene rings is 8. The lowest BCUT2D eigenvalue weighted by Crippen LogP contribution is -2.05. The van der Waals surface area contributed by atoms with Crippen LogP contribution in [0.5, 0.6) is 0 Å². The smallest absolute Gasteiger partial charge is 0.166 e. The van der Waals surface area contributed by atoms with E-state index in [4.69, 9.17) is 29.9 Å². The Kier molecular flexibility index (Phi) is 9.73. The zero-order chi connectivity index (χ0) is 43.7. The van der Waals surface area contributed by atoms with Gasteiger partial charge in [0, 0.05) is 44.2 Å². The maximum atomic E-state index is 9.87. The van der Waals surface area contributed by atoms with Crippen LogP contribution in [-0.2, 0) is 0 Å². The van der Waals surface area contributed by atoms with Crippen LogP contribution in [0.2, 0.25) is 0 Å². The van der Waals surface area contributed by atoms with Crippen LogP contribution in [0.15, 0.2) is 200 Å². The Morgan fingerprint density at radius 2 is 0.723 bits per heavy atom. The van der Waals surface area contributed by atoms with Crippen molar-refractivity contribution in [3.05, 3.63) is 211 Å². The third-order valence-corrected chi connectivity index (χ3v) is 11.3. The predicted molar refractivity (Wildman–Crippen MR) is 255 cm³/mol. The molecule has 9 heteroatoms. The van der Waals surface area contributed by atoms with Gasteiger partial charge in [0.1, 0.15) is 0 Å². The van der Waals surface area contributed by atoms with Crippen LogP contribution in [0.1, 0.15) is 11.1 Å². The second kappa shape index (κ2) is 16.4. The van der Waals surface area contributed by atoms with Crippen LogP contribution in [0.25, 0.3) is 107 Å². The van der Waals surface area contributed by atoms with Crippen LogP contribution < -0.4 is 0 Å². The molecule has 0 unspecified atom stereocenters. The molecular weight excluding hydrogens is 799 g/mol. The number of para-hydroxylation sites is 1. The zero-order valence-corrected chi connectivity index (χ0v) is 34.6. The van der Waals surface area contributed by atoms with E-state index in [0.717, 1.165) is 66.4 Å². The lowest BCUT2D eigenvalue weighted by molar-refractivity contribution is 1.06. The fraction of sp³-hybridized carbons (Fsp3) is 0. The van der Waals surface area contributed by atoms with Gasteiger partial charge in [-0.3, -0.25) is 0 Å². The highest BCUT2D eigenvalue weighted by atomic mass is 15.1. The third kappa shape index (κ3) is 7.31. The summed E-state index contributed by atoms with van der Waals surface area (Å²) in [7, 11) is 0. The van der Waals surface area contributed by atoms with Crippen molar-refractivity contribution in [1.82, 2.24) is 34.5 Å². The highest BCUT2D eigenvalue weighted by Gasteiger charge is 2.22. The molecule has 3 aromatic heterocycles. The monoisotopic (exact) mass is 831 g/mol. The molecule has 0 N–H and O–H groups in total. The fourth-order valence-corrected chi connectivity index (χ4v) is 8.25. The molecule has 0 saturated carbocycles. The van der Waals surface area contributed by atoms with E-state index < -0.39 is 0 Å². The highest BCUT2D eigenvalue weighted by Crippen LogP contribution is 2.40. The van der Waals surface area contributed by atoms with Gasteiger partial charge < -0.3 is 4.57 Å². The zero-order valence-electron chi connectivity index (χ0n) is 34.6. The van der Waals surface area contributed by atoms with E-state index in [1.54, 1.807) is 6.07 Å². The first kappa shape index (κ1) is 38.5. The average molecular weight is 832 g/mol. The van der Waals surface area contributed by atoms with Crippen LogP contribution in [0.3, 0.4) is 0 Å². The number of aromatic nitrogens is 7. The molecule has 0 saturated heterocycles. The molecule has 0 bridgehead atoms. The lowest BCUT2D eigenvalue weighted by atomic mass is 9.99. The molecule has 0 atom stereocenters. The minimum absolute atomic E-state index is 0.417. The Bertz CT molecular complexity index is 3520. The SMILES string of the molecule is N#Cc1cc(C#N)cc(-c2ccc3c4ccccc4n(-c4ccc(-c5nc(-c6ccccc6)nc(-c6ccccc6)n5)cc4-c4nc(-c5ccccc5)nc(-c5ccccc5)n4)c3c2)c1. The Hall–Kier alpha value is -9.44. The molecule has 0 spiro atoms. The summed E-state index contributed by atoms with van der Waals surface area (Å²) in [6.07, 6.45) is 0. The average Bonchev–Trinajstić information content (AvgIpc) is 3.72. The number of hydrogen-bond donors (Lipinski definition) is 0. The molecule has 11 rings (SSSR count). The summed E-state index contributed by atoms with van der Waals surface area (Å²) in [6.45, 7) is 0. The number of fused-ring (bicyclic) bond motifs is 3. The van der Waals surface area contributed by atoms with E-state index in [-0.39, 0.29) is 0 Å². The molecule has 9 nitrogen and oxygen atoms in total. The Morgan fingerprint density at radius 1 is 0.308 bits per heavy atom. The van der Waals surface area contributed by atoms with Crippen LogP contribution in [-0.4, -0.2) is 34.5 Å². The Labute approximate surface area is 374 Å². The maximum Gasteiger partial charge on any atom is 0.166 e. The Balaban J connectivity index is 1.21. The molecule has 65 heavy (non-hydrogen) atoms. The van der Waals surface area contributed by atoms with Crippen LogP contribution >= 0.6 is 0 Å². The molecular formula is C56H33N9. The normalized spacial score (nSPS) is 11.0. The van der Waals surface area contributed by atoms with Crippen molar-refractivity contribution in [2.24, 2.45) is 0 Å². The van der Waals surface area contributed by atoms with E-state index in [9.17, 15) is 10.5 Å². The molecule has 0 amide bonds. The van der Waals surface area contributed by atoms with Crippen LogP contribution in [0, 0.1) is 22.7 Å². The highest BCUT2D eigenvalue weighted by molar-refractivity contribution is 6.10. The van der Waals surface area contributed by atoms with Gasteiger partial charge in [0.15, 0.2) is 34.9 Å². The lowest BCUT2D eigenvalue weighted by Gasteiger charge is -2.16. The summed E-state index contributed by atoms with van der Waals surface area (Å²) in [6, 6.07) is 70.1. The predicted octanol–water partition coefficient (Wildman–Crippen LogP) is 12.6. The first-order valence-electron chi connectivity index (χ1n) is 21.0. The van der Waals surface area contributed by atoms with Gasteiger partial charge in [0.2, 0.25) is 0 Å². The standard InChI is InChI=1S/C56H33N9/c57-34-36-29-37(35-58)31-44(30-36)42-25-27-46-45-23-13-14-24-48(45)65(50(46)33-42)49-28-26-43(55-61-51(38-15-5-1-6-16-38)59-52(62-55)39-17-7-2-8-18-39)32-47(49)56-63-53(40-19-9-3-10-20-40)60-54(64-56)41-21-11-4-12-22-41/h1-33H. The molecule has 0 aliphatic rings. The molecule has 0 aliphatic carbocycles. The summed E-state index contributed by atoms with van der Waals surface area (Å²) >= 11 is 0. The summed E-state index contributed by atoms with van der Waals surface area (Å²) in [5, 5.41) is 21.8. The van der Waals surface area contributed by atoms with Crippen molar-refractivity contribution in [3.63, 3.8) is 0 Å². The van der Waals surface area contributed by atoms with Gasteiger partial charge in [-0.15, -0.1) is 0 Å². The van der Waals surface area contributed by atoms with E-state index in [1.807, 2.05) is 158 Å². The number of nitrogens with zero attached hydrogens (tertiary/aromatic N) is 9. The maximum absolute atomic E-state index is 9.87. The van der Waals surface area contributed by atoms with E-state index in [0.29, 0.717) is 51.6 Å². The van der Waals surface area contributed by atoms with Crippen molar-refractivity contribution in [1.29, 1.82) is 10.5 Å². The molecule has 0 aliphatic heterocycles. The quantitative estimate of drug-likeness (QED) is 0.148. The number of nitriles is 2. The van der Waals surface area contributed by atoms with Crippen LogP contribution in [0.4, 0.5) is 0 Å². The largest absolute Gasteiger partial charge is 0.308 e. The van der Waals surface area contributed by atoms with Crippen molar-refractivity contribution in [3.8, 4) is 97.3 Å². The van der Waals surface area contributed by atoms with Gasteiger partial charge >= 0.3 is 0 Å². The first-order chi connectivity index (χ1) is 32.1. The van der Waals surface area contributed by atoms with Gasteiger partial charge in [-0.05, 0) is 59.7 Å². The minimum atomic E-state index is 0.417. The summed E-state index contributed by atoms with van der Waals surface area (Å²) < 4.78 is 2.24. The summed E-state index contributed by atoms with van der Waals surface area (Å²) in [4.78, 5) is 30.7. The van der Waals surface area contributed by atoms with Gasteiger partial charge in [0.25, 0.3) is 0 Å². The van der Waals surface area contributed by atoms with Crippen molar-refractivity contribution in [2.45, 2.75) is 0 Å². The van der Waals surface area contributed by atoms with Crippen molar-refractivity contribution < 1.29 is 0 Å².